The second kappa shape index (κ2) is 7.64. The highest BCUT2D eigenvalue weighted by Crippen LogP contribution is 2.32. The molecule has 7 heteroatoms. The molecule has 2 amide bonds. The zero-order chi connectivity index (χ0) is 14.7. The molecule has 1 aromatic rings. The maximum Gasteiger partial charge on any atom is 0.250 e. The number of nitrogens with two attached hydrogens (primary N) is 2. The normalized spacial score (nSPS) is 20.7. The first-order chi connectivity index (χ1) is 9.52. The van der Waals surface area contributed by atoms with Gasteiger partial charge in [0, 0.05) is 11.6 Å². The fourth-order valence-electron chi connectivity index (χ4n) is 2.69. The van der Waals surface area contributed by atoms with Crippen molar-refractivity contribution in [3.05, 3.63) is 28.8 Å². The van der Waals surface area contributed by atoms with Gasteiger partial charge in [-0.15, -0.1) is 12.4 Å². The number of halogens is 2. The van der Waals surface area contributed by atoms with Crippen LogP contribution >= 0.6 is 24.0 Å². The lowest BCUT2D eigenvalue weighted by atomic mass is 9.95. The second-order valence-corrected chi connectivity index (χ2v) is 5.49. The van der Waals surface area contributed by atoms with E-state index in [-0.39, 0.29) is 40.7 Å². The number of anilines is 1. The van der Waals surface area contributed by atoms with E-state index in [0.717, 1.165) is 19.3 Å². The van der Waals surface area contributed by atoms with Crippen LogP contribution in [0.3, 0.4) is 0 Å². The summed E-state index contributed by atoms with van der Waals surface area (Å²) in [6, 6.07) is 4.69. The molecule has 0 aromatic heterocycles. The van der Waals surface area contributed by atoms with Crippen molar-refractivity contribution in [2.24, 2.45) is 23.3 Å². The van der Waals surface area contributed by atoms with Gasteiger partial charge < -0.3 is 16.8 Å². The number of primary amides is 1. The van der Waals surface area contributed by atoms with Crippen LogP contribution in [0.25, 0.3) is 0 Å². The predicted octanol–water partition coefficient (Wildman–Crippen LogP) is 2.17. The van der Waals surface area contributed by atoms with Crippen LogP contribution in [0.2, 0.25) is 5.02 Å². The van der Waals surface area contributed by atoms with Crippen molar-refractivity contribution in [2.75, 3.05) is 11.9 Å². The summed E-state index contributed by atoms with van der Waals surface area (Å²) in [4.78, 5) is 23.5. The summed E-state index contributed by atoms with van der Waals surface area (Å²) in [7, 11) is 0. The molecule has 1 fully saturated rings. The molecule has 2 atom stereocenters. The van der Waals surface area contributed by atoms with E-state index < -0.39 is 5.91 Å². The number of nitrogens with one attached hydrogen (secondary N) is 1. The summed E-state index contributed by atoms with van der Waals surface area (Å²) < 4.78 is 0. The Labute approximate surface area is 134 Å². The standard InChI is InChI=1S/C14H18ClN3O2.ClH/c15-12-5-4-9(6-11(12)13(17)19)18-14(20)10-3-1-2-8(10)7-16;/h4-6,8,10H,1-3,7,16H2,(H2,17,19)(H,18,20);1H/t8-,10-;/m1./s1. The first-order valence-electron chi connectivity index (χ1n) is 6.63. The monoisotopic (exact) mass is 331 g/mol. The van der Waals surface area contributed by atoms with E-state index >= 15 is 0 Å². The summed E-state index contributed by atoms with van der Waals surface area (Å²) >= 11 is 5.87. The Morgan fingerprint density at radius 3 is 2.67 bits per heavy atom. The second-order valence-electron chi connectivity index (χ2n) is 5.08. The van der Waals surface area contributed by atoms with Crippen LogP contribution in [0.1, 0.15) is 29.6 Å². The van der Waals surface area contributed by atoms with Gasteiger partial charge in [-0.3, -0.25) is 9.59 Å². The molecule has 1 saturated carbocycles. The first-order valence-corrected chi connectivity index (χ1v) is 7.01. The lowest BCUT2D eigenvalue weighted by Crippen LogP contribution is -2.29. The number of carbonyl (C=O) groups excluding carboxylic acids is 2. The Morgan fingerprint density at radius 2 is 2.05 bits per heavy atom. The lowest BCUT2D eigenvalue weighted by molar-refractivity contribution is -0.120. The fourth-order valence-corrected chi connectivity index (χ4v) is 2.90. The molecule has 21 heavy (non-hydrogen) atoms. The Bertz CT molecular complexity index is 537. The van der Waals surface area contributed by atoms with Crippen molar-refractivity contribution >= 4 is 41.5 Å². The van der Waals surface area contributed by atoms with E-state index in [2.05, 4.69) is 5.32 Å². The van der Waals surface area contributed by atoms with Crippen LogP contribution < -0.4 is 16.8 Å². The topological polar surface area (TPSA) is 98.2 Å². The van der Waals surface area contributed by atoms with Crippen LogP contribution in [-0.4, -0.2) is 18.4 Å². The van der Waals surface area contributed by atoms with Crippen LogP contribution in [0, 0.1) is 11.8 Å². The maximum atomic E-state index is 12.2. The number of rotatable bonds is 4. The van der Waals surface area contributed by atoms with Gasteiger partial charge in [0.25, 0.3) is 0 Å². The van der Waals surface area contributed by atoms with Gasteiger partial charge in [-0.25, -0.2) is 0 Å². The van der Waals surface area contributed by atoms with Crippen LogP contribution in [0.15, 0.2) is 18.2 Å². The highest BCUT2D eigenvalue weighted by molar-refractivity contribution is 6.34. The molecule has 0 spiro atoms. The fraction of sp³-hybridized carbons (Fsp3) is 0.429. The van der Waals surface area contributed by atoms with Gasteiger partial charge in [-0.05, 0) is 43.5 Å². The van der Waals surface area contributed by atoms with E-state index in [1.54, 1.807) is 12.1 Å². The largest absolute Gasteiger partial charge is 0.366 e. The molecule has 0 unspecified atom stereocenters. The van der Waals surface area contributed by atoms with E-state index in [0.29, 0.717) is 12.2 Å². The van der Waals surface area contributed by atoms with Gasteiger partial charge >= 0.3 is 0 Å². The van der Waals surface area contributed by atoms with Crippen molar-refractivity contribution < 1.29 is 9.59 Å². The average molecular weight is 332 g/mol. The van der Waals surface area contributed by atoms with Crippen molar-refractivity contribution in [1.82, 2.24) is 0 Å². The number of amides is 2. The summed E-state index contributed by atoms with van der Waals surface area (Å²) in [6.45, 7) is 0.519. The van der Waals surface area contributed by atoms with E-state index in [1.165, 1.54) is 6.07 Å². The van der Waals surface area contributed by atoms with Crippen molar-refractivity contribution in [1.29, 1.82) is 0 Å². The highest BCUT2D eigenvalue weighted by Gasteiger charge is 2.31. The van der Waals surface area contributed by atoms with Gasteiger partial charge in [0.05, 0.1) is 10.6 Å². The molecule has 0 radical (unpaired) electrons. The number of benzene rings is 1. The quantitative estimate of drug-likeness (QED) is 0.788. The molecule has 0 bridgehead atoms. The average Bonchev–Trinajstić information content (AvgIpc) is 2.89. The molecule has 1 aliphatic rings. The molecule has 5 N–H and O–H groups in total. The molecule has 0 saturated heterocycles. The van der Waals surface area contributed by atoms with Crippen LogP contribution in [0.4, 0.5) is 5.69 Å². The minimum atomic E-state index is -0.619. The summed E-state index contributed by atoms with van der Waals surface area (Å²) in [5.41, 5.74) is 11.6. The van der Waals surface area contributed by atoms with Gasteiger partial charge in [0.15, 0.2) is 0 Å². The van der Waals surface area contributed by atoms with Gasteiger partial charge in [0.2, 0.25) is 11.8 Å². The van der Waals surface area contributed by atoms with E-state index in [1.807, 2.05) is 0 Å². The molecule has 116 valence electrons. The molecular formula is C14H19Cl2N3O2. The first kappa shape index (κ1) is 17.8. The number of hydrogen-bond acceptors (Lipinski definition) is 3. The summed E-state index contributed by atoms with van der Waals surface area (Å²) in [6.07, 6.45) is 2.86. The Kier molecular flexibility index (Phi) is 6.45. The summed E-state index contributed by atoms with van der Waals surface area (Å²) in [5, 5.41) is 3.08. The summed E-state index contributed by atoms with van der Waals surface area (Å²) in [5.74, 6) is -0.506. The van der Waals surface area contributed by atoms with Gasteiger partial charge in [0.1, 0.15) is 0 Å². The maximum absolute atomic E-state index is 12.2. The zero-order valence-corrected chi connectivity index (χ0v) is 13.0. The van der Waals surface area contributed by atoms with Crippen LogP contribution in [-0.2, 0) is 4.79 Å². The SMILES string of the molecule is Cl.NC[C@H]1CCC[C@H]1C(=O)Nc1ccc(Cl)c(C(N)=O)c1. The highest BCUT2D eigenvalue weighted by atomic mass is 35.5. The Hall–Kier alpha value is -1.30. The predicted molar refractivity (Wildman–Crippen MR) is 85.7 cm³/mol. The number of carbonyl (C=O) groups is 2. The third kappa shape index (κ3) is 4.09. The van der Waals surface area contributed by atoms with E-state index in [9.17, 15) is 9.59 Å². The third-order valence-corrected chi connectivity index (χ3v) is 4.13. The van der Waals surface area contributed by atoms with Crippen molar-refractivity contribution in [3.8, 4) is 0 Å². The number of hydrogen-bond donors (Lipinski definition) is 3. The minimum Gasteiger partial charge on any atom is -0.366 e. The minimum absolute atomic E-state index is 0. The Balaban J connectivity index is 0.00000220. The smallest absolute Gasteiger partial charge is 0.250 e. The molecule has 0 aliphatic heterocycles. The van der Waals surface area contributed by atoms with E-state index in [4.69, 9.17) is 23.1 Å². The van der Waals surface area contributed by atoms with Crippen molar-refractivity contribution in [3.63, 3.8) is 0 Å². The molecular weight excluding hydrogens is 313 g/mol. The Morgan fingerprint density at radius 1 is 1.33 bits per heavy atom. The van der Waals surface area contributed by atoms with Gasteiger partial charge in [-0.1, -0.05) is 18.0 Å². The molecule has 1 aliphatic carbocycles. The van der Waals surface area contributed by atoms with Gasteiger partial charge in [-0.2, -0.15) is 0 Å². The molecule has 1 aromatic carbocycles. The van der Waals surface area contributed by atoms with Crippen molar-refractivity contribution in [2.45, 2.75) is 19.3 Å². The third-order valence-electron chi connectivity index (χ3n) is 3.80. The molecule has 0 heterocycles. The van der Waals surface area contributed by atoms with Crippen LogP contribution in [0.5, 0.6) is 0 Å². The molecule has 5 nitrogen and oxygen atoms in total. The zero-order valence-electron chi connectivity index (χ0n) is 11.5. The molecule has 2 rings (SSSR count). The lowest BCUT2D eigenvalue weighted by Gasteiger charge is -2.17.